The Kier molecular flexibility index (Phi) is 1.91. The van der Waals surface area contributed by atoms with Crippen LogP contribution in [-0.2, 0) is 7.05 Å². The summed E-state index contributed by atoms with van der Waals surface area (Å²) in [5.74, 6) is 0. The molecule has 50 valence electrons. The predicted octanol–water partition coefficient (Wildman–Crippen LogP) is 1.56. The fourth-order valence-corrected chi connectivity index (χ4v) is 0.770. The minimum atomic E-state index is 1.04. The molecule has 1 aromatic heterocycles. The summed E-state index contributed by atoms with van der Waals surface area (Å²) in [5.41, 5.74) is 1.04. The van der Waals surface area contributed by atoms with E-state index in [-0.39, 0.29) is 0 Å². The molecule has 0 aliphatic heterocycles. The molecule has 1 rings (SSSR count). The molecule has 2 heteroatoms. The summed E-state index contributed by atoms with van der Waals surface area (Å²) < 4.78 is 1.95. The number of aromatic nitrogens is 1. The first-order valence-electron chi connectivity index (χ1n) is 3.02. The van der Waals surface area contributed by atoms with Crippen molar-refractivity contribution in [2.24, 2.45) is 7.05 Å². The molecule has 0 amide bonds. The molecule has 0 aliphatic carbocycles. The maximum atomic E-state index is 8.21. The monoisotopic (exact) mass is 132 g/mol. The summed E-state index contributed by atoms with van der Waals surface area (Å²) in [7, 11) is 1.94. The first kappa shape index (κ1) is 6.63. The second kappa shape index (κ2) is 2.88. The normalized spacial score (nSPS) is 10.0. The lowest BCUT2D eigenvalue weighted by Crippen LogP contribution is -1.85. The predicted molar refractivity (Wildman–Crippen MR) is 40.1 cm³/mol. The van der Waals surface area contributed by atoms with Gasteiger partial charge in [0.1, 0.15) is 0 Å². The van der Waals surface area contributed by atoms with Gasteiger partial charge in [0, 0.05) is 25.0 Å². The van der Waals surface area contributed by atoms with Crippen LogP contribution in [0.15, 0.2) is 24.4 Å². The van der Waals surface area contributed by atoms with Gasteiger partial charge < -0.3 is 4.57 Å². The van der Waals surface area contributed by atoms with E-state index in [1.54, 1.807) is 6.08 Å². The van der Waals surface area contributed by atoms with Gasteiger partial charge in [-0.25, -0.2) is 0 Å². The molecule has 1 aromatic rings. The third kappa shape index (κ3) is 1.26. The van der Waals surface area contributed by atoms with Crippen molar-refractivity contribution in [2.75, 3.05) is 0 Å². The van der Waals surface area contributed by atoms with E-state index in [0.29, 0.717) is 0 Å². The molecule has 0 fully saturated rings. The zero-order valence-corrected chi connectivity index (χ0v) is 5.78. The zero-order valence-electron chi connectivity index (χ0n) is 5.78. The number of aryl methyl sites for hydroxylation is 1. The fraction of sp³-hybridized carbons (Fsp3) is 0.125. The summed E-state index contributed by atoms with van der Waals surface area (Å²) in [4.78, 5) is 0. The van der Waals surface area contributed by atoms with Gasteiger partial charge in [-0.15, -0.1) is 0 Å². The van der Waals surface area contributed by atoms with Crippen LogP contribution in [0.3, 0.4) is 0 Å². The summed E-state index contributed by atoms with van der Waals surface area (Å²) >= 11 is 0. The molecule has 0 aliphatic rings. The largest absolute Gasteiger partial charge is 0.351 e. The maximum absolute atomic E-state index is 8.21. The summed E-state index contributed by atoms with van der Waals surface area (Å²) in [6.07, 6.45) is 5.19. The molecule has 0 spiro atoms. The summed E-state index contributed by atoms with van der Waals surface area (Å²) in [5, 5.41) is 8.21. The van der Waals surface area contributed by atoms with Crippen molar-refractivity contribution in [3.8, 4) is 6.07 Å². The second-order valence-corrected chi connectivity index (χ2v) is 2.01. The van der Waals surface area contributed by atoms with Crippen LogP contribution in [0.4, 0.5) is 0 Å². The molecule has 0 atom stereocenters. The van der Waals surface area contributed by atoms with Gasteiger partial charge >= 0.3 is 0 Å². The quantitative estimate of drug-likeness (QED) is 0.533. The molecular weight excluding hydrogens is 124 g/mol. The average molecular weight is 132 g/mol. The number of allylic oxidation sites excluding steroid dienone is 1. The molecule has 0 bridgehead atoms. The van der Waals surface area contributed by atoms with Crippen molar-refractivity contribution in [1.29, 1.82) is 5.26 Å². The van der Waals surface area contributed by atoms with Gasteiger partial charge in [-0.05, 0) is 18.2 Å². The Morgan fingerprint density at radius 2 is 2.50 bits per heavy atom. The third-order valence-electron chi connectivity index (χ3n) is 1.31. The van der Waals surface area contributed by atoms with Crippen LogP contribution in [0.1, 0.15) is 5.69 Å². The van der Waals surface area contributed by atoms with Crippen LogP contribution in [0.2, 0.25) is 0 Å². The highest BCUT2D eigenvalue weighted by Gasteiger charge is 1.87. The van der Waals surface area contributed by atoms with Crippen molar-refractivity contribution < 1.29 is 0 Å². The third-order valence-corrected chi connectivity index (χ3v) is 1.31. The van der Waals surface area contributed by atoms with Crippen LogP contribution >= 0.6 is 0 Å². The van der Waals surface area contributed by atoms with Gasteiger partial charge in [-0.2, -0.15) is 5.26 Å². The van der Waals surface area contributed by atoms with Crippen molar-refractivity contribution in [1.82, 2.24) is 4.57 Å². The molecule has 0 unspecified atom stereocenters. The lowest BCUT2D eigenvalue weighted by atomic mass is 10.4. The Balaban J connectivity index is 2.87. The Bertz CT molecular complexity index is 276. The first-order valence-corrected chi connectivity index (χ1v) is 3.02. The van der Waals surface area contributed by atoms with E-state index in [2.05, 4.69) is 0 Å². The summed E-state index contributed by atoms with van der Waals surface area (Å²) in [6, 6.07) is 5.83. The average Bonchev–Trinajstić information content (AvgIpc) is 2.31. The van der Waals surface area contributed by atoms with Gasteiger partial charge in [0.05, 0.1) is 6.07 Å². The molecule has 2 nitrogen and oxygen atoms in total. The fourth-order valence-electron chi connectivity index (χ4n) is 0.770. The lowest BCUT2D eigenvalue weighted by molar-refractivity contribution is 0.915. The van der Waals surface area contributed by atoms with Gasteiger partial charge in [0.25, 0.3) is 0 Å². The van der Waals surface area contributed by atoms with Crippen LogP contribution in [0.5, 0.6) is 0 Å². The number of nitrogens with zero attached hydrogens (tertiary/aromatic N) is 2. The number of rotatable bonds is 1. The number of hydrogen-bond acceptors (Lipinski definition) is 1. The Labute approximate surface area is 60.0 Å². The van der Waals surface area contributed by atoms with Gasteiger partial charge in [0.2, 0.25) is 0 Å². The SMILES string of the molecule is Cn1cccc1/C=C\C#N. The molecule has 0 saturated carbocycles. The maximum Gasteiger partial charge on any atom is 0.0912 e. The van der Waals surface area contributed by atoms with Gasteiger partial charge in [-0.1, -0.05) is 0 Å². The van der Waals surface area contributed by atoms with E-state index in [0.717, 1.165) is 5.69 Å². The highest BCUT2D eigenvalue weighted by molar-refractivity contribution is 5.48. The molecule has 0 radical (unpaired) electrons. The van der Waals surface area contributed by atoms with Crippen LogP contribution in [0, 0.1) is 11.3 Å². The number of nitriles is 1. The topological polar surface area (TPSA) is 28.7 Å². The molecule has 1 heterocycles. The smallest absolute Gasteiger partial charge is 0.0912 e. The molecule has 10 heavy (non-hydrogen) atoms. The van der Waals surface area contributed by atoms with Crippen molar-refractivity contribution in [3.63, 3.8) is 0 Å². The lowest BCUT2D eigenvalue weighted by Gasteiger charge is -1.92. The van der Waals surface area contributed by atoms with Gasteiger partial charge in [0.15, 0.2) is 0 Å². The van der Waals surface area contributed by atoms with Crippen molar-refractivity contribution >= 4 is 6.08 Å². The Morgan fingerprint density at radius 3 is 3.00 bits per heavy atom. The van der Waals surface area contributed by atoms with E-state index in [9.17, 15) is 0 Å². The van der Waals surface area contributed by atoms with E-state index in [1.807, 2.05) is 36.0 Å². The van der Waals surface area contributed by atoms with Crippen LogP contribution in [0.25, 0.3) is 6.08 Å². The first-order chi connectivity index (χ1) is 4.84. The van der Waals surface area contributed by atoms with E-state index in [4.69, 9.17) is 5.26 Å². The Morgan fingerprint density at radius 1 is 1.70 bits per heavy atom. The molecule has 0 N–H and O–H groups in total. The zero-order chi connectivity index (χ0) is 7.40. The second-order valence-electron chi connectivity index (χ2n) is 2.01. The minimum absolute atomic E-state index is 1.04. The highest BCUT2D eigenvalue weighted by atomic mass is 14.9. The summed E-state index contributed by atoms with van der Waals surface area (Å²) in [6.45, 7) is 0. The van der Waals surface area contributed by atoms with E-state index in [1.165, 1.54) is 6.08 Å². The van der Waals surface area contributed by atoms with Gasteiger partial charge in [-0.3, -0.25) is 0 Å². The van der Waals surface area contributed by atoms with Crippen LogP contribution in [-0.4, -0.2) is 4.57 Å². The molecule has 0 saturated heterocycles. The standard InChI is InChI=1S/C8H8N2/c1-10-7-3-5-8(10)4-2-6-9/h2-5,7H,1H3/b4-2-. The van der Waals surface area contributed by atoms with E-state index < -0.39 is 0 Å². The minimum Gasteiger partial charge on any atom is -0.351 e. The number of hydrogen-bond donors (Lipinski definition) is 0. The molecule has 0 aromatic carbocycles. The van der Waals surface area contributed by atoms with Crippen molar-refractivity contribution in [2.45, 2.75) is 0 Å². The van der Waals surface area contributed by atoms with Crippen LogP contribution < -0.4 is 0 Å². The Hall–Kier alpha value is -1.49. The van der Waals surface area contributed by atoms with Crippen molar-refractivity contribution in [3.05, 3.63) is 30.1 Å². The highest BCUT2D eigenvalue weighted by Crippen LogP contribution is 2.00. The van der Waals surface area contributed by atoms with E-state index >= 15 is 0 Å². The molecular formula is C8H8N2.